The van der Waals surface area contributed by atoms with Gasteiger partial charge in [-0.2, -0.15) is 0 Å². The fraction of sp³-hybridized carbons (Fsp3) is 0.474. The second-order valence-corrected chi connectivity index (χ2v) is 5.99. The molecule has 0 bridgehead atoms. The zero-order chi connectivity index (χ0) is 17.5. The first-order chi connectivity index (χ1) is 11.6. The normalized spacial score (nSPS) is 13.3. The van der Waals surface area contributed by atoms with E-state index >= 15 is 0 Å². The van der Waals surface area contributed by atoms with Crippen molar-refractivity contribution in [3.8, 4) is 5.75 Å². The number of carbonyl (C=O) groups is 1. The third-order valence-corrected chi connectivity index (χ3v) is 4.28. The lowest BCUT2D eigenvalue weighted by Crippen LogP contribution is -2.34. The van der Waals surface area contributed by atoms with Crippen LogP contribution in [0.15, 0.2) is 36.7 Å². The highest BCUT2D eigenvalue weighted by molar-refractivity contribution is 5.78. The van der Waals surface area contributed by atoms with Crippen LogP contribution in [-0.2, 0) is 17.8 Å². The molecular weight excluding hydrogens is 302 g/mol. The number of hydrogen-bond donors (Lipinski definition) is 1. The van der Waals surface area contributed by atoms with Gasteiger partial charge in [0.25, 0.3) is 0 Å². The first kappa shape index (κ1) is 18.0. The van der Waals surface area contributed by atoms with Crippen molar-refractivity contribution in [1.29, 1.82) is 0 Å². The number of ether oxygens (including phenoxy) is 1. The molecule has 5 heteroatoms. The molecule has 130 valence electrons. The summed E-state index contributed by atoms with van der Waals surface area (Å²) in [7, 11) is 1.65. The van der Waals surface area contributed by atoms with Gasteiger partial charge in [0.1, 0.15) is 11.6 Å². The van der Waals surface area contributed by atoms with Gasteiger partial charge in [0.05, 0.1) is 19.1 Å². The van der Waals surface area contributed by atoms with E-state index in [0.29, 0.717) is 6.54 Å². The van der Waals surface area contributed by atoms with Gasteiger partial charge < -0.3 is 14.6 Å². The molecular formula is C19H27N3O2. The maximum Gasteiger partial charge on any atom is 0.225 e. The summed E-state index contributed by atoms with van der Waals surface area (Å²) in [6.45, 7) is 6.74. The molecule has 0 spiro atoms. The standard InChI is InChI=1S/C19H27N3O2/c1-5-17(15-7-9-16(24-4)10-8-15)21-19(23)14(3)13-22-12-11-20-18(22)6-2/h7-12,14,17H,5-6,13H2,1-4H3,(H,21,23). The molecule has 2 rings (SSSR count). The third kappa shape index (κ3) is 4.37. The van der Waals surface area contributed by atoms with E-state index in [4.69, 9.17) is 4.74 Å². The molecule has 0 radical (unpaired) electrons. The van der Waals surface area contributed by atoms with Gasteiger partial charge in [-0.05, 0) is 24.1 Å². The lowest BCUT2D eigenvalue weighted by Gasteiger charge is -2.21. The molecule has 0 aliphatic heterocycles. The number of amides is 1. The number of aryl methyl sites for hydroxylation is 1. The molecule has 0 aliphatic carbocycles. The Morgan fingerprint density at radius 2 is 2.00 bits per heavy atom. The van der Waals surface area contributed by atoms with Crippen molar-refractivity contribution in [2.24, 2.45) is 5.92 Å². The predicted molar refractivity (Wildman–Crippen MR) is 94.9 cm³/mol. The molecule has 0 aliphatic rings. The van der Waals surface area contributed by atoms with Gasteiger partial charge in [0.15, 0.2) is 0 Å². The van der Waals surface area contributed by atoms with Crippen LogP contribution in [0, 0.1) is 5.92 Å². The van der Waals surface area contributed by atoms with Gasteiger partial charge in [-0.15, -0.1) is 0 Å². The van der Waals surface area contributed by atoms with Crippen molar-refractivity contribution in [2.75, 3.05) is 7.11 Å². The molecule has 0 saturated heterocycles. The Bertz CT molecular complexity index is 649. The van der Waals surface area contributed by atoms with Gasteiger partial charge in [-0.25, -0.2) is 4.98 Å². The first-order valence-electron chi connectivity index (χ1n) is 8.53. The van der Waals surface area contributed by atoms with Crippen LogP contribution in [0.2, 0.25) is 0 Å². The number of nitrogens with zero attached hydrogens (tertiary/aromatic N) is 2. The largest absolute Gasteiger partial charge is 0.497 e. The number of carbonyl (C=O) groups excluding carboxylic acids is 1. The number of methoxy groups -OCH3 is 1. The minimum atomic E-state index is -0.114. The van der Waals surface area contributed by atoms with Crippen molar-refractivity contribution in [3.63, 3.8) is 0 Å². The average Bonchev–Trinajstić information content (AvgIpc) is 3.06. The van der Waals surface area contributed by atoms with Crippen LogP contribution in [0.1, 0.15) is 44.6 Å². The zero-order valence-electron chi connectivity index (χ0n) is 15.0. The first-order valence-corrected chi connectivity index (χ1v) is 8.53. The number of nitrogens with one attached hydrogen (secondary N) is 1. The van der Waals surface area contributed by atoms with E-state index in [1.165, 1.54) is 0 Å². The Balaban J connectivity index is 1.99. The summed E-state index contributed by atoms with van der Waals surface area (Å²) in [5.41, 5.74) is 1.09. The van der Waals surface area contributed by atoms with E-state index in [-0.39, 0.29) is 17.9 Å². The summed E-state index contributed by atoms with van der Waals surface area (Å²) in [5, 5.41) is 3.16. The monoisotopic (exact) mass is 329 g/mol. The Morgan fingerprint density at radius 3 is 2.58 bits per heavy atom. The Labute approximate surface area is 144 Å². The highest BCUT2D eigenvalue weighted by atomic mass is 16.5. The Morgan fingerprint density at radius 1 is 1.29 bits per heavy atom. The lowest BCUT2D eigenvalue weighted by atomic mass is 10.0. The van der Waals surface area contributed by atoms with Crippen LogP contribution in [0.4, 0.5) is 0 Å². The minimum Gasteiger partial charge on any atom is -0.497 e. The summed E-state index contributed by atoms with van der Waals surface area (Å²) >= 11 is 0. The minimum absolute atomic E-state index is 0.0132. The molecule has 2 aromatic rings. The number of hydrogen-bond acceptors (Lipinski definition) is 3. The van der Waals surface area contributed by atoms with Gasteiger partial charge in [0, 0.05) is 25.4 Å². The smallest absolute Gasteiger partial charge is 0.225 e. The Kier molecular flexibility index (Phi) is 6.41. The number of rotatable bonds is 8. The highest BCUT2D eigenvalue weighted by Gasteiger charge is 2.19. The quantitative estimate of drug-likeness (QED) is 0.808. The van der Waals surface area contributed by atoms with Crippen LogP contribution >= 0.6 is 0 Å². The van der Waals surface area contributed by atoms with E-state index < -0.39 is 0 Å². The van der Waals surface area contributed by atoms with E-state index in [9.17, 15) is 4.79 Å². The third-order valence-electron chi connectivity index (χ3n) is 4.28. The van der Waals surface area contributed by atoms with Gasteiger partial charge in [0.2, 0.25) is 5.91 Å². The molecule has 2 atom stereocenters. The van der Waals surface area contributed by atoms with Crippen molar-refractivity contribution in [1.82, 2.24) is 14.9 Å². The summed E-state index contributed by atoms with van der Waals surface area (Å²) in [4.78, 5) is 16.9. The van der Waals surface area contributed by atoms with E-state index in [1.54, 1.807) is 13.3 Å². The molecule has 1 heterocycles. The van der Waals surface area contributed by atoms with E-state index in [0.717, 1.165) is 30.0 Å². The molecule has 2 unspecified atom stereocenters. The molecule has 5 nitrogen and oxygen atoms in total. The number of benzene rings is 1. The van der Waals surface area contributed by atoms with E-state index in [2.05, 4.69) is 28.7 Å². The Hall–Kier alpha value is -2.30. The predicted octanol–water partition coefficient (Wildman–Crippen LogP) is 3.36. The molecule has 1 amide bonds. The summed E-state index contributed by atoms with van der Waals surface area (Å²) in [6, 6.07) is 7.87. The fourth-order valence-corrected chi connectivity index (χ4v) is 2.77. The van der Waals surface area contributed by atoms with E-state index in [1.807, 2.05) is 37.4 Å². The van der Waals surface area contributed by atoms with Crippen molar-refractivity contribution >= 4 is 5.91 Å². The highest BCUT2D eigenvalue weighted by Crippen LogP contribution is 2.20. The molecule has 1 N–H and O–H groups in total. The average molecular weight is 329 g/mol. The van der Waals surface area contributed by atoms with Crippen molar-refractivity contribution in [2.45, 2.75) is 46.2 Å². The van der Waals surface area contributed by atoms with Gasteiger partial charge in [-0.1, -0.05) is 32.9 Å². The SMILES string of the molecule is CCc1nccn1CC(C)C(=O)NC(CC)c1ccc(OC)cc1. The maximum atomic E-state index is 12.6. The van der Waals surface area contributed by atoms with Gasteiger partial charge >= 0.3 is 0 Å². The molecule has 0 saturated carbocycles. The topological polar surface area (TPSA) is 56.2 Å². The van der Waals surface area contributed by atoms with Crippen LogP contribution < -0.4 is 10.1 Å². The number of imidazole rings is 1. The molecule has 1 aromatic carbocycles. The maximum absolute atomic E-state index is 12.6. The van der Waals surface area contributed by atoms with Crippen LogP contribution in [-0.4, -0.2) is 22.6 Å². The van der Waals surface area contributed by atoms with Crippen LogP contribution in [0.3, 0.4) is 0 Å². The summed E-state index contributed by atoms with van der Waals surface area (Å²) in [6.07, 6.45) is 5.43. The molecule has 24 heavy (non-hydrogen) atoms. The molecule has 0 fully saturated rings. The van der Waals surface area contributed by atoms with Crippen LogP contribution in [0.5, 0.6) is 5.75 Å². The van der Waals surface area contributed by atoms with Crippen molar-refractivity contribution < 1.29 is 9.53 Å². The summed E-state index contributed by atoms with van der Waals surface area (Å²) < 4.78 is 7.24. The lowest BCUT2D eigenvalue weighted by molar-refractivity contribution is -0.125. The van der Waals surface area contributed by atoms with Crippen LogP contribution in [0.25, 0.3) is 0 Å². The second-order valence-electron chi connectivity index (χ2n) is 5.99. The second kappa shape index (κ2) is 8.52. The van der Waals surface area contributed by atoms with Crippen molar-refractivity contribution in [3.05, 3.63) is 48.0 Å². The molecule has 1 aromatic heterocycles. The summed E-state index contributed by atoms with van der Waals surface area (Å²) in [5.74, 6) is 1.78. The number of aromatic nitrogens is 2. The fourth-order valence-electron chi connectivity index (χ4n) is 2.77. The van der Waals surface area contributed by atoms with Gasteiger partial charge in [-0.3, -0.25) is 4.79 Å². The zero-order valence-corrected chi connectivity index (χ0v) is 15.0.